The van der Waals surface area contributed by atoms with Gasteiger partial charge in [-0.05, 0) is 26.8 Å². The number of thiophene rings is 1. The molecule has 0 aliphatic rings. The van der Waals surface area contributed by atoms with E-state index in [4.69, 9.17) is 5.11 Å². The Balaban J connectivity index is 2.62. The van der Waals surface area contributed by atoms with Crippen molar-refractivity contribution in [1.29, 1.82) is 0 Å². The van der Waals surface area contributed by atoms with Crippen molar-refractivity contribution in [2.75, 3.05) is 6.61 Å². The molecule has 3 N–H and O–H groups in total. The van der Waals surface area contributed by atoms with E-state index < -0.39 is 6.04 Å². The number of hydrogen-bond donors (Lipinski definition) is 3. The van der Waals surface area contributed by atoms with Gasteiger partial charge in [-0.3, -0.25) is 9.59 Å². The number of aliphatic hydroxyl groups excluding tert-OH is 1. The number of nitrogens with one attached hydrogen (secondary N) is 2. The zero-order valence-corrected chi connectivity index (χ0v) is 12.5. The van der Waals surface area contributed by atoms with Gasteiger partial charge in [-0.2, -0.15) is 0 Å². The first-order valence-corrected chi connectivity index (χ1v) is 7.11. The fourth-order valence-corrected chi connectivity index (χ4v) is 2.16. The van der Waals surface area contributed by atoms with Gasteiger partial charge in [0, 0.05) is 11.4 Å². The van der Waals surface area contributed by atoms with E-state index in [-0.39, 0.29) is 24.5 Å². The Bertz CT molecular complexity index is 540. The van der Waals surface area contributed by atoms with E-state index in [1.54, 1.807) is 18.4 Å². The highest BCUT2D eigenvalue weighted by atomic mass is 32.1. The molecule has 1 aromatic rings. The summed E-state index contributed by atoms with van der Waals surface area (Å²) in [4.78, 5) is 24.3. The molecule has 20 heavy (non-hydrogen) atoms. The van der Waals surface area contributed by atoms with Gasteiger partial charge in [0.15, 0.2) is 0 Å². The number of carbonyl (C=O) groups excluding carboxylic acids is 2. The van der Waals surface area contributed by atoms with E-state index in [1.165, 1.54) is 11.3 Å². The molecule has 1 rings (SSSR count). The van der Waals surface area contributed by atoms with Crippen LogP contribution in [0.15, 0.2) is 11.4 Å². The highest BCUT2D eigenvalue weighted by molar-refractivity contribution is 7.10. The van der Waals surface area contributed by atoms with E-state index in [1.807, 2.05) is 13.8 Å². The second kappa shape index (κ2) is 7.68. The minimum Gasteiger partial charge on any atom is -0.384 e. The normalized spacial score (nSPS) is 11.4. The fraction of sp³-hybridized carbons (Fsp3) is 0.429. The smallest absolute Gasteiger partial charge is 0.252 e. The third kappa shape index (κ3) is 5.03. The van der Waals surface area contributed by atoms with Gasteiger partial charge >= 0.3 is 0 Å². The Labute approximate surface area is 122 Å². The van der Waals surface area contributed by atoms with Crippen LogP contribution in [0.25, 0.3) is 0 Å². The summed E-state index contributed by atoms with van der Waals surface area (Å²) in [5, 5.41) is 15.6. The molecule has 0 aliphatic carbocycles. The van der Waals surface area contributed by atoms with Crippen LogP contribution in [-0.4, -0.2) is 35.6 Å². The fourth-order valence-electron chi connectivity index (χ4n) is 1.40. The molecule has 1 heterocycles. The second-order valence-electron chi connectivity index (χ2n) is 4.52. The van der Waals surface area contributed by atoms with Crippen LogP contribution in [0.4, 0.5) is 0 Å². The summed E-state index contributed by atoms with van der Waals surface area (Å²) in [5.74, 6) is 4.71. The summed E-state index contributed by atoms with van der Waals surface area (Å²) in [6, 6.07) is 1.07. The first-order valence-electron chi connectivity index (χ1n) is 6.23. The lowest BCUT2D eigenvalue weighted by Gasteiger charge is -2.15. The maximum Gasteiger partial charge on any atom is 0.252 e. The number of carbonyl (C=O) groups is 2. The molecule has 0 aromatic carbocycles. The summed E-state index contributed by atoms with van der Waals surface area (Å²) in [6.07, 6.45) is 0. The first-order chi connectivity index (χ1) is 9.43. The molecule has 0 fully saturated rings. The van der Waals surface area contributed by atoms with Gasteiger partial charge in [0.2, 0.25) is 5.91 Å². The van der Waals surface area contributed by atoms with Crippen molar-refractivity contribution in [3.8, 4) is 11.8 Å². The monoisotopic (exact) mass is 294 g/mol. The Morgan fingerprint density at radius 2 is 2.05 bits per heavy atom. The SMILES string of the molecule is CC(C)NC(=O)C(C)NC(=O)c1csc(C#CCO)c1. The highest BCUT2D eigenvalue weighted by Crippen LogP contribution is 2.13. The van der Waals surface area contributed by atoms with E-state index in [0.717, 1.165) is 0 Å². The number of aliphatic hydroxyl groups is 1. The molecule has 0 radical (unpaired) electrons. The molecule has 0 aliphatic heterocycles. The summed E-state index contributed by atoms with van der Waals surface area (Å²) in [6.45, 7) is 5.13. The standard InChI is InChI=1S/C14H18N2O3S/c1-9(2)15-13(18)10(3)16-14(19)11-7-12(20-8-11)5-4-6-17/h7-10,17H,6H2,1-3H3,(H,15,18)(H,16,19). The van der Waals surface area contributed by atoms with Crippen LogP contribution in [0.3, 0.4) is 0 Å². The Kier molecular flexibility index (Phi) is 6.22. The van der Waals surface area contributed by atoms with Gasteiger partial charge in [0.1, 0.15) is 12.6 Å². The van der Waals surface area contributed by atoms with Gasteiger partial charge < -0.3 is 15.7 Å². The molecule has 1 aromatic heterocycles. The quantitative estimate of drug-likeness (QED) is 0.717. The van der Waals surface area contributed by atoms with Crippen LogP contribution in [0, 0.1) is 11.8 Å². The van der Waals surface area contributed by atoms with E-state index in [0.29, 0.717) is 10.4 Å². The van der Waals surface area contributed by atoms with Crippen LogP contribution in [-0.2, 0) is 4.79 Å². The van der Waals surface area contributed by atoms with Crippen LogP contribution in [0.1, 0.15) is 36.0 Å². The Hall–Kier alpha value is -1.84. The van der Waals surface area contributed by atoms with Crippen LogP contribution in [0.2, 0.25) is 0 Å². The van der Waals surface area contributed by atoms with Crippen molar-refractivity contribution in [2.24, 2.45) is 0 Å². The molecule has 0 saturated carbocycles. The lowest BCUT2D eigenvalue weighted by molar-refractivity contribution is -0.123. The zero-order valence-electron chi connectivity index (χ0n) is 11.7. The minimum atomic E-state index is -0.600. The summed E-state index contributed by atoms with van der Waals surface area (Å²) in [7, 11) is 0. The third-order valence-corrected chi connectivity index (χ3v) is 3.17. The lowest BCUT2D eigenvalue weighted by Crippen LogP contribution is -2.46. The number of hydrogen-bond acceptors (Lipinski definition) is 4. The predicted molar refractivity (Wildman–Crippen MR) is 78.5 cm³/mol. The van der Waals surface area contributed by atoms with Crippen molar-refractivity contribution < 1.29 is 14.7 Å². The Morgan fingerprint density at radius 1 is 1.35 bits per heavy atom. The summed E-state index contributed by atoms with van der Waals surface area (Å²) >= 11 is 1.32. The number of amides is 2. The predicted octanol–water partition coefficient (Wildman–Crippen LogP) is 0.735. The van der Waals surface area contributed by atoms with E-state index in [2.05, 4.69) is 22.5 Å². The van der Waals surface area contributed by atoms with Crippen LogP contribution >= 0.6 is 11.3 Å². The lowest BCUT2D eigenvalue weighted by atomic mass is 10.2. The van der Waals surface area contributed by atoms with E-state index >= 15 is 0 Å². The molecule has 1 unspecified atom stereocenters. The average Bonchev–Trinajstić information content (AvgIpc) is 2.84. The van der Waals surface area contributed by atoms with Crippen LogP contribution in [0.5, 0.6) is 0 Å². The molecule has 108 valence electrons. The molecular formula is C14H18N2O3S. The van der Waals surface area contributed by atoms with Gasteiger partial charge in [-0.25, -0.2) is 0 Å². The van der Waals surface area contributed by atoms with Gasteiger partial charge in [-0.15, -0.1) is 11.3 Å². The molecule has 5 nitrogen and oxygen atoms in total. The van der Waals surface area contributed by atoms with Gasteiger partial charge in [0.25, 0.3) is 5.91 Å². The van der Waals surface area contributed by atoms with Crippen molar-refractivity contribution in [3.05, 3.63) is 21.9 Å². The van der Waals surface area contributed by atoms with Gasteiger partial charge in [-0.1, -0.05) is 11.8 Å². The zero-order chi connectivity index (χ0) is 15.1. The van der Waals surface area contributed by atoms with Crippen molar-refractivity contribution >= 4 is 23.2 Å². The van der Waals surface area contributed by atoms with Crippen molar-refractivity contribution in [1.82, 2.24) is 10.6 Å². The van der Waals surface area contributed by atoms with Crippen molar-refractivity contribution in [3.63, 3.8) is 0 Å². The van der Waals surface area contributed by atoms with Crippen LogP contribution < -0.4 is 10.6 Å². The highest BCUT2D eigenvalue weighted by Gasteiger charge is 2.17. The molecule has 0 bridgehead atoms. The summed E-state index contributed by atoms with van der Waals surface area (Å²) in [5.41, 5.74) is 0.460. The molecule has 6 heteroatoms. The van der Waals surface area contributed by atoms with Crippen molar-refractivity contribution in [2.45, 2.75) is 32.9 Å². The molecule has 0 spiro atoms. The van der Waals surface area contributed by atoms with Gasteiger partial charge in [0.05, 0.1) is 10.4 Å². The first kappa shape index (κ1) is 16.2. The molecular weight excluding hydrogens is 276 g/mol. The van der Waals surface area contributed by atoms with E-state index in [9.17, 15) is 9.59 Å². The number of rotatable bonds is 4. The second-order valence-corrected chi connectivity index (χ2v) is 5.43. The Morgan fingerprint density at radius 3 is 2.65 bits per heavy atom. The largest absolute Gasteiger partial charge is 0.384 e. The molecule has 1 atom stereocenters. The topological polar surface area (TPSA) is 78.4 Å². The summed E-state index contributed by atoms with van der Waals surface area (Å²) < 4.78 is 0. The maximum atomic E-state index is 12.0. The molecule has 0 saturated heterocycles. The minimum absolute atomic E-state index is 0.0309. The third-order valence-electron chi connectivity index (χ3n) is 2.32. The average molecular weight is 294 g/mol. The molecule has 2 amide bonds. The maximum absolute atomic E-state index is 12.0.